The zero-order chi connectivity index (χ0) is 21.8. The number of benzene rings is 2. The van der Waals surface area contributed by atoms with E-state index in [4.69, 9.17) is 27.9 Å². The molecule has 31 heavy (non-hydrogen) atoms. The predicted molar refractivity (Wildman–Crippen MR) is 129 cm³/mol. The molecule has 0 spiro atoms. The Labute approximate surface area is 192 Å². The zero-order valence-corrected chi connectivity index (χ0v) is 19.2. The van der Waals surface area contributed by atoms with Crippen LogP contribution in [0.1, 0.15) is 12.8 Å². The van der Waals surface area contributed by atoms with Crippen molar-refractivity contribution in [2.24, 2.45) is 7.05 Å². The summed E-state index contributed by atoms with van der Waals surface area (Å²) in [5.74, 6) is 0.806. The minimum absolute atomic E-state index is 0.0117. The average Bonchev–Trinajstić information content (AvgIpc) is 2.79. The number of rotatable bonds is 7. The van der Waals surface area contributed by atoms with Gasteiger partial charge in [0.2, 0.25) is 0 Å². The van der Waals surface area contributed by atoms with Gasteiger partial charge in [0.15, 0.2) is 0 Å². The highest BCUT2D eigenvalue weighted by molar-refractivity contribution is 6.43. The van der Waals surface area contributed by atoms with E-state index in [1.807, 2.05) is 42.5 Å². The van der Waals surface area contributed by atoms with Gasteiger partial charge in [-0.15, -0.1) is 0 Å². The average molecular weight is 460 g/mol. The van der Waals surface area contributed by atoms with Gasteiger partial charge < -0.3 is 14.2 Å². The summed E-state index contributed by atoms with van der Waals surface area (Å²) in [5.41, 5.74) is 1.90. The molecule has 2 aromatic carbocycles. The van der Waals surface area contributed by atoms with Crippen LogP contribution in [0.2, 0.25) is 10.0 Å². The first-order valence-electron chi connectivity index (χ1n) is 10.7. The SMILES string of the molecule is Cn1c(=O)ccc2ccc(OCCCCN3CCN(c4cccc(Cl)c4Cl)CC3)cc21. The summed E-state index contributed by atoms with van der Waals surface area (Å²) in [6, 6.07) is 15.1. The lowest BCUT2D eigenvalue weighted by molar-refractivity contribution is 0.238. The van der Waals surface area contributed by atoms with Gasteiger partial charge in [0.1, 0.15) is 5.75 Å². The zero-order valence-electron chi connectivity index (χ0n) is 17.7. The number of fused-ring (bicyclic) bond motifs is 1. The molecule has 0 bridgehead atoms. The van der Waals surface area contributed by atoms with Crippen LogP contribution in [0.5, 0.6) is 5.75 Å². The normalized spacial score (nSPS) is 14.9. The molecule has 1 aromatic heterocycles. The standard InChI is InChI=1S/C24H27Cl2N3O2/c1-27-22-17-19(9-7-18(22)8-10-23(27)30)31-16-3-2-11-28-12-14-29(15-13-28)21-6-4-5-20(25)24(21)26/h4-10,17H,2-3,11-16H2,1H3. The van der Waals surface area contributed by atoms with Crippen LogP contribution < -0.4 is 15.2 Å². The second-order valence-corrected chi connectivity index (χ2v) is 8.69. The minimum atomic E-state index is -0.0117. The van der Waals surface area contributed by atoms with Crippen LogP contribution in [0.25, 0.3) is 10.9 Å². The van der Waals surface area contributed by atoms with E-state index >= 15 is 0 Å². The summed E-state index contributed by atoms with van der Waals surface area (Å²) in [6.07, 6.45) is 2.08. The maximum atomic E-state index is 11.8. The number of pyridine rings is 1. The Hall–Kier alpha value is -2.21. The smallest absolute Gasteiger partial charge is 0.250 e. The number of nitrogens with zero attached hydrogens (tertiary/aromatic N) is 3. The number of anilines is 1. The molecule has 0 unspecified atom stereocenters. The van der Waals surface area contributed by atoms with E-state index in [0.29, 0.717) is 16.7 Å². The lowest BCUT2D eigenvalue weighted by Gasteiger charge is -2.36. The van der Waals surface area contributed by atoms with E-state index in [1.165, 1.54) is 0 Å². The Kier molecular flexibility index (Phi) is 7.06. The molecule has 5 nitrogen and oxygen atoms in total. The minimum Gasteiger partial charge on any atom is -0.494 e. The first-order valence-corrected chi connectivity index (χ1v) is 11.4. The van der Waals surface area contributed by atoms with Crippen LogP contribution in [0.3, 0.4) is 0 Å². The van der Waals surface area contributed by atoms with Gasteiger partial charge in [-0.2, -0.15) is 0 Å². The number of aryl methyl sites for hydroxylation is 1. The predicted octanol–water partition coefficient (Wildman–Crippen LogP) is 4.83. The summed E-state index contributed by atoms with van der Waals surface area (Å²) in [6.45, 7) is 5.67. The Balaban J connectivity index is 1.20. The molecule has 0 aliphatic carbocycles. The molecule has 0 atom stereocenters. The van der Waals surface area contributed by atoms with Crippen molar-refractivity contribution in [3.63, 3.8) is 0 Å². The molecule has 1 aliphatic rings. The fourth-order valence-corrected chi connectivity index (χ4v) is 4.43. The van der Waals surface area contributed by atoms with Gasteiger partial charge in [0, 0.05) is 45.4 Å². The molecule has 164 valence electrons. The Morgan fingerprint density at radius 1 is 0.968 bits per heavy atom. The maximum absolute atomic E-state index is 11.8. The number of hydrogen-bond acceptors (Lipinski definition) is 4. The van der Waals surface area contributed by atoms with Crippen molar-refractivity contribution in [1.29, 1.82) is 0 Å². The van der Waals surface area contributed by atoms with Crippen molar-refractivity contribution >= 4 is 39.8 Å². The fraction of sp³-hybridized carbons (Fsp3) is 0.375. The van der Waals surface area contributed by atoms with Crippen molar-refractivity contribution in [3.8, 4) is 5.75 Å². The van der Waals surface area contributed by atoms with Crippen molar-refractivity contribution in [2.45, 2.75) is 12.8 Å². The van der Waals surface area contributed by atoms with Gasteiger partial charge in [-0.05, 0) is 55.1 Å². The highest BCUT2D eigenvalue weighted by Crippen LogP contribution is 2.32. The second-order valence-electron chi connectivity index (χ2n) is 7.91. The van der Waals surface area contributed by atoms with Gasteiger partial charge in [-0.1, -0.05) is 29.3 Å². The molecular weight excluding hydrogens is 433 g/mol. The fourth-order valence-electron chi connectivity index (χ4n) is 4.01. The topological polar surface area (TPSA) is 37.7 Å². The molecule has 3 aromatic rings. The van der Waals surface area contributed by atoms with Crippen LogP contribution in [0, 0.1) is 0 Å². The molecule has 4 rings (SSSR count). The largest absolute Gasteiger partial charge is 0.494 e. The molecule has 0 N–H and O–H groups in total. The van der Waals surface area contributed by atoms with Crippen LogP contribution in [-0.4, -0.2) is 48.8 Å². The van der Waals surface area contributed by atoms with E-state index in [-0.39, 0.29) is 5.56 Å². The van der Waals surface area contributed by atoms with E-state index in [0.717, 1.165) is 67.9 Å². The number of halogens is 2. The molecule has 2 heterocycles. The van der Waals surface area contributed by atoms with Crippen molar-refractivity contribution < 1.29 is 4.74 Å². The molecule has 7 heteroatoms. The monoisotopic (exact) mass is 459 g/mol. The van der Waals surface area contributed by atoms with Gasteiger partial charge >= 0.3 is 0 Å². The van der Waals surface area contributed by atoms with Crippen molar-refractivity contribution in [3.05, 3.63) is 68.9 Å². The first kappa shape index (κ1) is 22.0. The molecule has 1 saturated heterocycles. The lowest BCUT2D eigenvalue weighted by atomic mass is 10.2. The lowest BCUT2D eigenvalue weighted by Crippen LogP contribution is -2.46. The van der Waals surface area contributed by atoms with E-state index in [2.05, 4.69) is 9.80 Å². The molecular formula is C24H27Cl2N3O2. The van der Waals surface area contributed by atoms with Crippen molar-refractivity contribution in [1.82, 2.24) is 9.47 Å². The van der Waals surface area contributed by atoms with Crippen LogP contribution >= 0.6 is 23.2 Å². The van der Waals surface area contributed by atoms with E-state index in [9.17, 15) is 4.79 Å². The first-order chi connectivity index (χ1) is 15.0. The molecule has 1 aliphatic heterocycles. The third-order valence-electron chi connectivity index (χ3n) is 5.88. The van der Waals surface area contributed by atoms with E-state index in [1.54, 1.807) is 17.7 Å². The second kappa shape index (κ2) is 9.94. The number of hydrogen-bond donors (Lipinski definition) is 0. The summed E-state index contributed by atoms with van der Waals surface area (Å²) in [5, 5.41) is 2.28. The van der Waals surface area contributed by atoms with E-state index < -0.39 is 0 Å². The Morgan fingerprint density at radius 2 is 1.74 bits per heavy atom. The Morgan fingerprint density at radius 3 is 2.55 bits per heavy atom. The quantitative estimate of drug-likeness (QED) is 0.474. The van der Waals surface area contributed by atoms with Crippen LogP contribution in [-0.2, 0) is 7.05 Å². The van der Waals surface area contributed by atoms with Gasteiger partial charge in [-0.3, -0.25) is 9.69 Å². The third kappa shape index (κ3) is 5.17. The highest BCUT2D eigenvalue weighted by atomic mass is 35.5. The maximum Gasteiger partial charge on any atom is 0.250 e. The van der Waals surface area contributed by atoms with Gasteiger partial charge in [0.05, 0.1) is 27.9 Å². The summed E-state index contributed by atoms with van der Waals surface area (Å²) >= 11 is 12.5. The Bertz CT molecular complexity index is 1110. The number of unbranched alkanes of at least 4 members (excludes halogenated alkanes) is 1. The highest BCUT2D eigenvalue weighted by Gasteiger charge is 2.19. The summed E-state index contributed by atoms with van der Waals surface area (Å²) < 4.78 is 7.58. The summed E-state index contributed by atoms with van der Waals surface area (Å²) in [7, 11) is 1.79. The van der Waals surface area contributed by atoms with Crippen LogP contribution in [0.4, 0.5) is 5.69 Å². The van der Waals surface area contributed by atoms with Crippen LogP contribution in [0.15, 0.2) is 53.3 Å². The van der Waals surface area contributed by atoms with Gasteiger partial charge in [-0.25, -0.2) is 0 Å². The summed E-state index contributed by atoms with van der Waals surface area (Å²) in [4.78, 5) is 16.6. The molecule has 0 saturated carbocycles. The molecule has 0 radical (unpaired) electrons. The van der Waals surface area contributed by atoms with Crippen molar-refractivity contribution in [2.75, 3.05) is 44.2 Å². The third-order valence-corrected chi connectivity index (χ3v) is 6.69. The number of ether oxygens (including phenoxy) is 1. The molecule has 1 fully saturated rings. The van der Waals surface area contributed by atoms with Gasteiger partial charge in [0.25, 0.3) is 5.56 Å². The number of aromatic nitrogens is 1. The molecule has 0 amide bonds. The number of piperazine rings is 1.